The van der Waals surface area contributed by atoms with Crippen molar-refractivity contribution in [3.05, 3.63) is 36.2 Å². The number of hydrogen-bond donors (Lipinski definition) is 2. The normalized spacial score (nSPS) is 11.1. The van der Waals surface area contributed by atoms with E-state index in [4.69, 9.17) is 0 Å². The van der Waals surface area contributed by atoms with Crippen molar-refractivity contribution in [1.82, 2.24) is 24.7 Å². The number of anilines is 1. The summed E-state index contributed by atoms with van der Waals surface area (Å²) in [6.45, 7) is 3.35. The molecule has 0 bridgehead atoms. The molecule has 2 heterocycles. The molecule has 0 aliphatic carbocycles. The van der Waals surface area contributed by atoms with Crippen LogP contribution in [0.3, 0.4) is 0 Å². The summed E-state index contributed by atoms with van der Waals surface area (Å²) >= 11 is 0. The van der Waals surface area contributed by atoms with Crippen molar-refractivity contribution in [2.45, 2.75) is 20.0 Å². The zero-order chi connectivity index (χ0) is 13.2. The predicted molar refractivity (Wildman–Crippen MR) is 69.1 cm³/mol. The maximum absolute atomic E-state index is 13.1. The third kappa shape index (κ3) is 2.26. The molecule has 0 aliphatic rings. The van der Waals surface area contributed by atoms with E-state index in [1.807, 2.05) is 11.5 Å². The van der Waals surface area contributed by atoms with E-state index >= 15 is 0 Å². The lowest BCUT2D eigenvalue weighted by atomic mass is 10.3. The van der Waals surface area contributed by atoms with Crippen LogP contribution in [0.5, 0.6) is 0 Å². The number of benzene rings is 1. The highest BCUT2D eigenvalue weighted by atomic mass is 19.1. The maximum Gasteiger partial charge on any atom is 0.201 e. The van der Waals surface area contributed by atoms with Crippen LogP contribution in [0.15, 0.2) is 24.5 Å². The van der Waals surface area contributed by atoms with E-state index in [1.54, 1.807) is 12.4 Å². The molecular formula is C12H13FN6. The monoisotopic (exact) mass is 260 g/mol. The first-order valence-corrected chi connectivity index (χ1v) is 6.02. The zero-order valence-corrected chi connectivity index (χ0v) is 10.4. The van der Waals surface area contributed by atoms with Gasteiger partial charge in [0, 0.05) is 6.54 Å². The average molecular weight is 260 g/mol. The van der Waals surface area contributed by atoms with Crippen LogP contribution in [0, 0.1) is 5.82 Å². The van der Waals surface area contributed by atoms with E-state index < -0.39 is 0 Å². The number of nitrogens with one attached hydrogen (secondary N) is 2. The molecular weight excluding hydrogens is 247 g/mol. The Morgan fingerprint density at radius 2 is 2.32 bits per heavy atom. The van der Waals surface area contributed by atoms with Gasteiger partial charge in [-0.25, -0.2) is 9.37 Å². The summed E-state index contributed by atoms with van der Waals surface area (Å²) in [5.74, 6) is 1.13. The molecule has 0 aliphatic heterocycles. The van der Waals surface area contributed by atoms with Crippen LogP contribution in [0.2, 0.25) is 0 Å². The Balaban J connectivity index is 1.78. The number of fused-ring (bicyclic) bond motifs is 1. The first kappa shape index (κ1) is 11.6. The molecule has 0 radical (unpaired) electrons. The van der Waals surface area contributed by atoms with E-state index in [0.717, 1.165) is 17.9 Å². The Morgan fingerprint density at radius 3 is 3.16 bits per heavy atom. The molecule has 6 nitrogen and oxygen atoms in total. The summed E-state index contributed by atoms with van der Waals surface area (Å²) in [4.78, 5) is 7.33. The van der Waals surface area contributed by atoms with Crippen molar-refractivity contribution < 1.29 is 4.39 Å². The fourth-order valence-corrected chi connectivity index (χ4v) is 1.91. The molecule has 0 spiro atoms. The predicted octanol–water partition coefficient (Wildman–Crippen LogP) is 1.93. The summed E-state index contributed by atoms with van der Waals surface area (Å²) in [5, 5.41) is 11.0. The number of hydrogen-bond acceptors (Lipinski definition) is 4. The molecule has 2 aromatic heterocycles. The second kappa shape index (κ2) is 4.68. The quantitative estimate of drug-likeness (QED) is 0.752. The lowest BCUT2D eigenvalue weighted by molar-refractivity contribution is 0.629. The number of rotatable bonds is 4. The highest BCUT2D eigenvalue weighted by Crippen LogP contribution is 2.15. The number of H-pyrrole nitrogens is 1. The summed E-state index contributed by atoms with van der Waals surface area (Å²) < 4.78 is 15.0. The van der Waals surface area contributed by atoms with E-state index in [0.29, 0.717) is 18.0 Å². The molecule has 0 atom stereocenters. The molecule has 2 N–H and O–H groups in total. The van der Waals surface area contributed by atoms with E-state index in [2.05, 4.69) is 25.5 Å². The van der Waals surface area contributed by atoms with Gasteiger partial charge < -0.3 is 14.9 Å². The number of aromatic amines is 1. The van der Waals surface area contributed by atoms with Crippen molar-refractivity contribution in [2.75, 3.05) is 5.32 Å². The number of aryl methyl sites for hydroxylation is 1. The lowest BCUT2D eigenvalue weighted by Crippen LogP contribution is -2.08. The van der Waals surface area contributed by atoms with Crippen LogP contribution in [0.4, 0.5) is 10.3 Å². The number of halogens is 1. The van der Waals surface area contributed by atoms with E-state index in [9.17, 15) is 4.39 Å². The molecule has 0 saturated heterocycles. The topological polar surface area (TPSA) is 71.4 Å². The highest BCUT2D eigenvalue weighted by Gasteiger charge is 2.06. The Kier molecular flexibility index (Phi) is 2.86. The number of aromatic nitrogens is 5. The van der Waals surface area contributed by atoms with Gasteiger partial charge in [-0.15, -0.1) is 10.2 Å². The summed E-state index contributed by atoms with van der Waals surface area (Å²) in [6, 6.07) is 4.45. The van der Waals surface area contributed by atoms with Crippen molar-refractivity contribution in [3.8, 4) is 0 Å². The van der Waals surface area contributed by atoms with Gasteiger partial charge in [0.1, 0.15) is 12.1 Å². The van der Waals surface area contributed by atoms with Gasteiger partial charge in [0.25, 0.3) is 0 Å². The van der Waals surface area contributed by atoms with Gasteiger partial charge in [0.2, 0.25) is 5.95 Å². The molecule has 1 aromatic carbocycles. The molecule has 0 saturated carbocycles. The van der Waals surface area contributed by atoms with Gasteiger partial charge in [0.15, 0.2) is 5.82 Å². The van der Waals surface area contributed by atoms with Crippen LogP contribution < -0.4 is 5.32 Å². The van der Waals surface area contributed by atoms with Crippen molar-refractivity contribution in [3.63, 3.8) is 0 Å². The lowest BCUT2D eigenvalue weighted by Gasteiger charge is -2.03. The van der Waals surface area contributed by atoms with Gasteiger partial charge in [-0.05, 0) is 25.1 Å². The van der Waals surface area contributed by atoms with E-state index in [-0.39, 0.29) is 5.82 Å². The van der Waals surface area contributed by atoms with Crippen LogP contribution in [0.1, 0.15) is 12.7 Å². The first-order valence-electron chi connectivity index (χ1n) is 6.02. The first-order chi connectivity index (χ1) is 9.26. The minimum Gasteiger partial charge on any atom is -0.348 e. The highest BCUT2D eigenvalue weighted by molar-refractivity contribution is 5.77. The summed E-state index contributed by atoms with van der Waals surface area (Å²) in [6.07, 6.45) is 1.69. The number of imidazole rings is 1. The van der Waals surface area contributed by atoms with Crippen LogP contribution >= 0.6 is 0 Å². The zero-order valence-electron chi connectivity index (χ0n) is 10.4. The molecule has 98 valence electrons. The SMILES string of the molecule is CCn1cnnc1CNc1nc2ccc(F)cc2[nH]1. The fraction of sp³-hybridized carbons (Fsp3) is 0.250. The second-order valence-electron chi connectivity index (χ2n) is 4.13. The summed E-state index contributed by atoms with van der Waals surface area (Å²) in [5.41, 5.74) is 1.39. The van der Waals surface area contributed by atoms with Gasteiger partial charge in [-0.1, -0.05) is 0 Å². The average Bonchev–Trinajstić information content (AvgIpc) is 3.01. The molecule has 0 amide bonds. The minimum absolute atomic E-state index is 0.284. The third-order valence-electron chi connectivity index (χ3n) is 2.89. The maximum atomic E-state index is 13.1. The molecule has 19 heavy (non-hydrogen) atoms. The van der Waals surface area contributed by atoms with Crippen molar-refractivity contribution in [1.29, 1.82) is 0 Å². The smallest absolute Gasteiger partial charge is 0.201 e. The second-order valence-corrected chi connectivity index (χ2v) is 4.13. The third-order valence-corrected chi connectivity index (χ3v) is 2.89. The molecule has 3 aromatic rings. The Bertz CT molecular complexity index is 701. The Labute approximate surface area is 108 Å². The largest absolute Gasteiger partial charge is 0.348 e. The van der Waals surface area contributed by atoms with Gasteiger partial charge in [-0.2, -0.15) is 0 Å². The van der Waals surface area contributed by atoms with Gasteiger partial charge in [0.05, 0.1) is 17.6 Å². The standard InChI is InChI=1S/C12H13FN6/c1-2-19-7-15-18-11(19)6-14-12-16-9-4-3-8(13)5-10(9)17-12/h3-5,7H,2,6H2,1H3,(H2,14,16,17). The fourth-order valence-electron chi connectivity index (χ4n) is 1.91. The van der Waals surface area contributed by atoms with Gasteiger partial charge >= 0.3 is 0 Å². The number of nitrogens with zero attached hydrogens (tertiary/aromatic N) is 4. The van der Waals surface area contributed by atoms with Crippen LogP contribution in [-0.2, 0) is 13.1 Å². The van der Waals surface area contributed by atoms with Crippen LogP contribution in [0.25, 0.3) is 11.0 Å². The Hall–Kier alpha value is -2.44. The van der Waals surface area contributed by atoms with Gasteiger partial charge in [-0.3, -0.25) is 0 Å². The van der Waals surface area contributed by atoms with E-state index in [1.165, 1.54) is 12.1 Å². The van der Waals surface area contributed by atoms with Crippen molar-refractivity contribution >= 4 is 17.0 Å². The summed E-state index contributed by atoms with van der Waals surface area (Å²) in [7, 11) is 0. The Morgan fingerprint density at radius 1 is 1.42 bits per heavy atom. The van der Waals surface area contributed by atoms with Crippen molar-refractivity contribution in [2.24, 2.45) is 0 Å². The molecule has 3 rings (SSSR count). The molecule has 0 fully saturated rings. The minimum atomic E-state index is -0.284. The molecule has 0 unspecified atom stereocenters. The molecule has 7 heteroatoms. The van der Waals surface area contributed by atoms with Crippen LogP contribution in [-0.4, -0.2) is 24.7 Å².